The van der Waals surface area contributed by atoms with Gasteiger partial charge in [0.05, 0.1) is 5.56 Å². The molecule has 1 saturated heterocycles. The second-order valence-electron chi connectivity index (χ2n) is 5.10. The average molecular weight is 297 g/mol. The van der Waals surface area contributed by atoms with Crippen molar-refractivity contribution in [2.24, 2.45) is 0 Å². The van der Waals surface area contributed by atoms with E-state index < -0.39 is 5.97 Å². The highest BCUT2D eigenvalue weighted by Crippen LogP contribution is 2.24. The topological polar surface area (TPSA) is 72.9 Å². The number of likely N-dealkylation sites (N-methyl/N-ethyl adjacent to an activating group) is 1. The maximum atomic E-state index is 12.2. The van der Waals surface area contributed by atoms with Gasteiger partial charge in [0.2, 0.25) is 0 Å². The third kappa shape index (κ3) is 3.29. The molecule has 0 spiro atoms. The Morgan fingerprint density at radius 1 is 1.50 bits per heavy atom. The number of carboxylic acids is 1. The first kappa shape index (κ1) is 14.8. The van der Waals surface area contributed by atoms with Gasteiger partial charge in [0.1, 0.15) is 5.00 Å². The van der Waals surface area contributed by atoms with Crippen molar-refractivity contribution in [3.63, 3.8) is 0 Å². The number of anilines is 1. The molecule has 0 aromatic carbocycles. The van der Waals surface area contributed by atoms with Gasteiger partial charge in [0, 0.05) is 19.1 Å². The zero-order chi connectivity index (χ0) is 14.7. The van der Waals surface area contributed by atoms with Crippen molar-refractivity contribution in [3.8, 4) is 0 Å². The van der Waals surface area contributed by atoms with Gasteiger partial charge in [-0.15, -0.1) is 11.3 Å². The molecule has 1 fully saturated rings. The molecule has 1 aliphatic rings. The zero-order valence-electron chi connectivity index (χ0n) is 11.6. The summed E-state index contributed by atoms with van der Waals surface area (Å²) in [5.41, 5.74) is 0.143. The number of carbonyl (C=O) groups excluding carboxylic acids is 1. The van der Waals surface area contributed by atoms with Gasteiger partial charge in [-0.05, 0) is 38.4 Å². The quantitative estimate of drug-likeness (QED) is 0.895. The predicted octanol–water partition coefficient (Wildman–Crippen LogP) is 2.00. The largest absolute Gasteiger partial charge is 0.478 e. The van der Waals surface area contributed by atoms with Crippen molar-refractivity contribution < 1.29 is 14.7 Å². The molecule has 2 heterocycles. The molecule has 110 valence electrons. The Balaban J connectivity index is 2.01. The third-order valence-corrected chi connectivity index (χ3v) is 4.36. The molecule has 20 heavy (non-hydrogen) atoms. The number of likely N-dealkylation sites (tertiary alicyclic amines) is 1. The van der Waals surface area contributed by atoms with Crippen LogP contribution >= 0.6 is 11.3 Å². The van der Waals surface area contributed by atoms with Crippen LogP contribution in [0.25, 0.3) is 0 Å². The van der Waals surface area contributed by atoms with Crippen LogP contribution < -0.4 is 5.32 Å². The van der Waals surface area contributed by atoms with Crippen molar-refractivity contribution in [1.29, 1.82) is 0 Å². The van der Waals surface area contributed by atoms with E-state index in [1.807, 2.05) is 14.1 Å². The molecule has 7 heteroatoms. The molecule has 1 aromatic rings. The summed E-state index contributed by atoms with van der Waals surface area (Å²) in [4.78, 5) is 27.1. The summed E-state index contributed by atoms with van der Waals surface area (Å²) in [6, 6.07) is 1.64. The predicted molar refractivity (Wildman–Crippen MR) is 78.6 cm³/mol. The molecule has 1 atom stereocenters. The number of nitrogens with zero attached hydrogens (tertiary/aromatic N) is 2. The first-order valence-corrected chi connectivity index (χ1v) is 7.40. The Bertz CT molecular complexity index is 501. The second-order valence-corrected chi connectivity index (χ2v) is 6.02. The Morgan fingerprint density at radius 3 is 2.90 bits per heavy atom. The Hall–Kier alpha value is -1.60. The van der Waals surface area contributed by atoms with Crippen LogP contribution in [0.4, 0.5) is 9.80 Å². The number of urea groups is 1. The van der Waals surface area contributed by atoms with Gasteiger partial charge in [-0.25, -0.2) is 9.59 Å². The summed E-state index contributed by atoms with van der Waals surface area (Å²) in [5.74, 6) is -1.02. The van der Waals surface area contributed by atoms with E-state index in [4.69, 9.17) is 5.11 Å². The van der Waals surface area contributed by atoms with E-state index in [1.165, 1.54) is 17.4 Å². The van der Waals surface area contributed by atoms with Crippen LogP contribution in [0.3, 0.4) is 0 Å². The monoisotopic (exact) mass is 297 g/mol. The van der Waals surface area contributed by atoms with Crippen LogP contribution in [-0.4, -0.2) is 60.1 Å². The van der Waals surface area contributed by atoms with Crippen molar-refractivity contribution in [1.82, 2.24) is 9.80 Å². The smallest absolute Gasteiger partial charge is 0.338 e. The number of thiophene rings is 1. The van der Waals surface area contributed by atoms with Gasteiger partial charge >= 0.3 is 12.0 Å². The summed E-state index contributed by atoms with van der Waals surface area (Å²) in [6.45, 7) is 1.39. The molecule has 2 N–H and O–H groups in total. The van der Waals surface area contributed by atoms with Gasteiger partial charge in [0.25, 0.3) is 0 Å². The number of rotatable bonds is 3. The van der Waals surface area contributed by atoms with Gasteiger partial charge in [-0.3, -0.25) is 5.32 Å². The maximum absolute atomic E-state index is 12.2. The van der Waals surface area contributed by atoms with Crippen molar-refractivity contribution in [3.05, 3.63) is 17.0 Å². The van der Waals surface area contributed by atoms with Crippen molar-refractivity contribution >= 4 is 28.3 Å². The fraction of sp³-hybridized carbons (Fsp3) is 0.538. The standard InChI is InChI=1S/C13H19N3O3S/c1-15(2)9-4-3-6-16(8-9)13(19)14-11-10(12(17)18)5-7-20-11/h5,7,9H,3-4,6,8H2,1-2H3,(H,14,19)(H,17,18). The first-order valence-electron chi connectivity index (χ1n) is 6.52. The van der Waals surface area contributed by atoms with E-state index >= 15 is 0 Å². The minimum Gasteiger partial charge on any atom is -0.478 e. The lowest BCUT2D eigenvalue weighted by Gasteiger charge is -2.35. The van der Waals surface area contributed by atoms with Gasteiger partial charge in [0.15, 0.2) is 0 Å². The minimum absolute atomic E-state index is 0.143. The van der Waals surface area contributed by atoms with E-state index in [2.05, 4.69) is 10.2 Å². The SMILES string of the molecule is CN(C)C1CCCN(C(=O)Nc2sccc2C(=O)O)C1. The van der Waals surface area contributed by atoms with Crippen LogP contribution in [0, 0.1) is 0 Å². The number of hydrogen-bond donors (Lipinski definition) is 2. The summed E-state index contributed by atoms with van der Waals surface area (Å²) in [6.07, 6.45) is 2.04. The summed E-state index contributed by atoms with van der Waals surface area (Å²) >= 11 is 1.23. The van der Waals surface area contributed by atoms with E-state index in [-0.39, 0.29) is 11.6 Å². The average Bonchev–Trinajstić information content (AvgIpc) is 2.87. The van der Waals surface area contributed by atoms with Gasteiger partial charge in [-0.1, -0.05) is 0 Å². The number of amides is 2. The second kappa shape index (κ2) is 6.23. The molecular formula is C13H19N3O3S. The lowest BCUT2D eigenvalue weighted by atomic mass is 10.1. The minimum atomic E-state index is -1.02. The van der Waals surface area contributed by atoms with Crippen LogP contribution in [-0.2, 0) is 0 Å². The number of carbonyl (C=O) groups is 2. The molecule has 0 saturated carbocycles. The van der Waals surface area contributed by atoms with Gasteiger partial charge < -0.3 is 14.9 Å². The molecular weight excluding hydrogens is 278 g/mol. The fourth-order valence-corrected chi connectivity index (χ4v) is 3.08. The lowest BCUT2D eigenvalue weighted by molar-refractivity contribution is 0.0698. The highest BCUT2D eigenvalue weighted by Gasteiger charge is 2.25. The summed E-state index contributed by atoms with van der Waals surface area (Å²) in [5, 5.41) is 13.8. The lowest BCUT2D eigenvalue weighted by Crippen LogP contribution is -2.48. The number of carboxylic acid groups (broad SMARTS) is 1. The van der Waals surface area contributed by atoms with Crippen LogP contribution in [0.2, 0.25) is 0 Å². The first-order chi connectivity index (χ1) is 9.49. The van der Waals surface area contributed by atoms with Gasteiger partial charge in [-0.2, -0.15) is 0 Å². The van der Waals surface area contributed by atoms with Crippen molar-refractivity contribution in [2.75, 3.05) is 32.5 Å². The molecule has 0 bridgehead atoms. The number of nitrogens with one attached hydrogen (secondary N) is 1. The van der Waals surface area contributed by atoms with E-state index in [0.717, 1.165) is 12.8 Å². The molecule has 0 radical (unpaired) electrons. The molecule has 1 aromatic heterocycles. The van der Waals surface area contributed by atoms with Crippen LogP contribution in [0.5, 0.6) is 0 Å². The maximum Gasteiger partial charge on any atom is 0.338 e. The van der Waals surface area contributed by atoms with Crippen molar-refractivity contribution in [2.45, 2.75) is 18.9 Å². The molecule has 1 aliphatic heterocycles. The summed E-state index contributed by atoms with van der Waals surface area (Å²) in [7, 11) is 4.02. The fourth-order valence-electron chi connectivity index (χ4n) is 2.31. The summed E-state index contributed by atoms with van der Waals surface area (Å²) < 4.78 is 0. The number of aromatic carboxylic acids is 1. The van der Waals surface area contributed by atoms with E-state index in [1.54, 1.807) is 10.3 Å². The van der Waals surface area contributed by atoms with Crippen LogP contribution in [0.1, 0.15) is 23.2 Å². The highest BCUT2D eigenvalue weighted by molar-refractivity contribution is 7.14. The Kier molecular flexibility index (Phi) is 4.61. The molecule has 6 nitrogen and oxygen atoms in total. The Morgan fingerprint density at radius 2 is 2.25 bits per heavy atom. The number of piperidine rings is 1. The van der Waals surface area contributed by atoms with E-state index in [9.17, 15) is 9.59 Å². The number of hydrogen-bond acceptors (Lipinski definition) is 4. The zero-order valence-corrected chi connectivity index (χ0v) is 12.4. The highest BCUT2D eigenvalue weighted by atomic mass is 32.1. The Labute approximate surface area is 122 Å². The molecule has 1 unspecified atom stereocenters. The molecule has 2 amide bonds. The van der Waals surface area contributed by atoms with Crippen LogP contribution in [0.15, 0.2) is 11.4 Å². The van der Waals surface area contributed by atoms with E-state index in [0.29, 0.717) is 24.1 Å². The normalized spacial score (nSPS) is 19.1. The third-order valence-electron chi connectivity index (χ3n) is 3.53. The molecule has 2 rings (SSSR count). The molecule has 0 aliphatic carbocycles.